The number of aromatic nitrogens is 2. The number of hydrogen-bond donors (Lipinski definition) is 1. The largest absolute Gasteiger partial charge is 0.399 e. The molecule has 0 atom stereocenters. The molecule has 2 heterocycles. The molecule has 3 nitrogen and oxygen atoms in total. The molecule has 2 aromatic heterocycles. The Morgan fingerprint density at radius 1 is 0.519 bits per heavy atom. The van der Waals surface area contributed by atoms with Crippen molar-refractivity contribution in [3.8, 4) is 0 Å². The molecule has 0 saturated carbocycles. The van der Waals surface area contributed by atoms with Gasteiger partial charge in [-0.3, -0.25) is 9.97 Å². The summed E-state index contributed by atoms with van der Waals surface area (Å²) in [5, 5.41) is 3.65. The molecule has 0 amide bonds. The Balaban J connectivity index is 0.000000119. The van der Waals surface area contributed by atoms with E-state index in [9.17, 15) is 0 Å². The maximum absolute atomic E-state index is 5.36. The lowest BCUT2D eigenvalue weighted by Crippen LogP contribution is -1.79. The van der Waals surface area contributed by atoms with Gasteiger partial charge in [-0.15, -0.1) is 0 Å². The molecule has 5 aromatic rings. The van der Waals surface area contributed by atoms with Gasteiger partial charge in [-0.25, -0.2) is 0 Å². The first-order chi connectivity index (χ1) is 13.3. The zero-order chi connectivity index (χ0) is 18.7. The number of anilines is 1. The maximum Gasteiger partial charge on any atom is 0.0701 e. The molecule has 0 saturated heterocycles. The van der Waals surface area contributed by atoms with E-state index in [1.807, 2.05) is 91.4 Å². The zero-order valence-corrected chi connectivity index (χ0v) is 14.9. The topological polar surface area (TPSA) is 51.8 Å². The van der Waals surface area contributed by atoms with Gasteiger partial charge in [0.2, 0.25) is 0 Å². The fourth-order valence-corrected chi connectivity index (χ4v) is 2.50. The fourth-order valence-electron chi connectivity index (χ4n) is 2.50. The lowest BCUT2D eigenvalue weighted by molar-refractivity contribution is 1.36. The van der Waals surface area contributed by atoms with E-state index in [2.05, 4.69) is 34.2 Å². The molecule has 3 aromatic carbocycles. The first-order valence-electron chi connectivity index (χ1n) is 8.72. The van der Waals surface area contributed by atoms with E-state index in [1.54, 1.807) is 0 Å². The van der Waals surface area contributed by atoms with Crippen molar-refractivity contribution in [2.45, 2.75) is 0 Å². The smallest absolute Gasteiger partial charge is 0.0701 e. The first-order valence-corrected chi connectivity index (χ1v) is 8.72. The molecule has 27 heavy (non-hydrogen) atoms. The van der Waals surface area contributed by atoms with Crippen LogP contribution >= 0.6 is 0 Å². The monoisotopic (exact) mass is 351 g/mol. The van der Waals surface area contributed by atoms with Crippen LogP contribution in [0.25, 0.3) is 21.7 Å². The van der Waals surface area contributed by atoms with Gasteiger partial charge < -0.3 is 5.73 Å². The highest BCUT2D eigenvalue weighted by Crippen LogP contribution is 2.09. The summed E-state index contributed by atoms with van der Waals surface area (Å²) in [6.45, 7) is 0. The van der Waals surface area contributed by atoms with E-state index in [1.165, 1.54) is 16.2 Å². The first kappa shape index (κ1) is 18.1. The Labute approximate surface area is 159 Å². The highest BCUT2D eigenvalue weighted by Gasteiger charge is 1.87. The highest BCUT2D eigenvalue weighted by atomic mass is 14.6. The van der Waals surface area contributed by atoms with Crippen molar-refractivity contribution in [2.75, 3.05) is 5.73 Å². The highest BCUT2D eigenvalue weighted by molar-refractivity contribution is 5.81. The lowest BCUT2D eigenvalue weighted by Gasteiger charge is -1.91. The minimum Gasteiger partial charge on any atom is -0.399 e. The molecule has 132 valence electrons. The van der Waals surface area contributed by atoms with Crippen LogP contribution < -0.4 is 5.73 Å². The van der Waals surface area contributed by atoms with Crippen LogP contribution in [0.2, 0.25) is 0 Å². The van der Waals surface area contributed by atoms with E-state index in [0.29, 0.717) is 0 Å². The summed E-state index contributed by atoms with van der Waals surface area (Å²) >= 11 is 0. The summed E-state index contributed by atoms with van der Waals surface area (Å²) in [6.07, 6.45) is 5.49. The van der Waals surface area contributed by atoms with Crippen molar-refractivity contribution in [1.82, 2.24) is 9.97 Å². The number of benzene rings is 3. The second-order valence-electron chi connectivity index (χ2n) is 5.83. The van der Waals surface area contributed by atoms with Crippen LogP contribution in [0.1, 0.15) is 0 Å². The molecule has 3 heteroatoms. The maximum atomic E-state index is 5.36. The number of rotatable bonds is 0. The van der Waals surface area contributed by atoms with Crippen molar-refractivity contribution in [2.24, 2.45) is 0 Å². The van der Waals surface area contributed by atoms with Crippen LogP contribution in [0.4, 0.5) is 5.69 Å². The molecule has 0 radical (unpaired) electrons. The van der Waals surface area contributed by atoms with Crippen molar-refractivity contribution in [3.63, 3.8) is 0 Å². The van der Waals surface area contributed by atoms with Crippen LogP contribution in [0.15, 0.2) is 116 Å². The molecule has 0 aliphatic heterocycles. The number of fused-ring (bicyclic) bond motifs is 2. The number of para-hydroxylation sites is 2. The third kappa shape index (κ3) is 5.65. The van der Waals surface area contributed by atoms with E-state index in [4.69, 9.17) is 5.73 Å². The molecule has 5 rings (SSSR count). The van der Waals surface area contributed by atoms with E-state index >= 15 is 0 Å². The van der Waals surface area contributed by atoms with Crippen LogP contribution in [0.5, 0.6) is 0 Å². The van der Waals surface area contributed by atoms with E-state index in [-0.39, 0.29) is 0 Å². The van der Waals surface area contributed by atoms with Gasteiger partial charge in [0.25, 0.3) is 0 Å². The molecule has 0 aliphatic rings. The Bertz CT molecular complexity index is 890. The lowest BCUT2D eigenvalue weighted by atomic mass is 10.2. The second kappa shape index (κ2) is 9.68. The summed E-state index contributed by atoms with van der Waals surface area (Å²) in [7, 11) is 0. The normalized spacial score (nSPS) is 9.63. The summed E-state index contributed by atoms with van der Waals surface area (Å²) < 4.78 is 0. The third-order valence-corrected chi connectivity index (χ3v) is 3.86. The predicted molar refractivity (Wildman–Crippen MR) is 114 cm³/mol. The summed E-state index contributed by atoms with van der Waals surface area (Å²) in [6, 6.07) is 31.8. The van der Waals surface area contributed by atoms with Gasteiger partial charge in [0.05, 0.1) is 5.52 Å². The van der Waals surface area contributed by atoms with E-state index < -0.39 is 0 Å². The van der Waals surface area contributed by atoms with Crippen molar-refractivity contribution < 1.29 is 0 Å². The predicted octanol–water partition coefficient (Wildman–Crippen LogP) is 5.74. The molecule has 0 fully saturated rings. The van der Waals surface area contributed by atoms with E-state index in [0.717, 1.165) is 11.2 Å². The van der Waals surface area contributed by atoms with Crippen molar-refractivity contribution in [3.05, 3.63) is 116 Å². The number of hydrogen-bond acceptors (Lipinski definition) is 3. The van der Waals surface area contributed by atoms with Crippen LogP contribution in [-0.4, -0.2) is 9.97 Å². The Morgan fingerprint density at radius 3 is 1.81 bits per heavy atom. The second-order valence-corrected chi connectivity index (χ2v) is 5.83. The number of nitrogens with two attached hydrogens (primary N) is 1. The van der Waals surface area contributed by atoms with Gasteiger partial charge >= 0.3 is 0 Å². The average molecular weight is 351 g/mol. The van der Waals surface area contributed by atoms with Crippen molar-refractivity contribution >= 4 is 27.4 Å². The molecule has 0 unspecified atom stereocenters. The Hall–Kier alpha value is -3.72. The molecule has 0 bridgehead atoms. The SMILES string of the molecule is Nc1ccccc1.c1ccc2cnccc2c1.c1ccc2ncccc2c1. The fraction of sp³-hybridized carbons (Fsp3) is 0. The van der Waals surface area contributed by atoms with Crippen molar-refractivity contribution in [1.29, 1.82) is 0 Å². The van der Waals surface area contributed by atoms with Crippen LogP contribution in [0, 0.1) is 0 Å². The quantitative estimate of drug-likeness (QED) is 0.362. The van der Waals surface area contributed by atoms with Gasteiger partial charge in [0.15, 0.2) is 0 Å². The van der Waals surface area contributed by atoms with Gasteiger partial charge in [-0.2, -0.15) is 0 Å². The van der Waals surface area contributed by atoms with Gasteiger partial charge in [0.1, 0.15) is 0 Å². The number of nitrogens with zero attached hydrogens (tertiary/aromatic N) is 2. The third-order valence-electron chi connectivity index (χ3n) is 3.86. The van der Waals surface area contributed by atoms with Gasteiger partial charge in [0, 0.05) is 29.7 Å². The molecular weight excluding hydrogens is 330 g/mol. The Morgan fingerprint density at radius 2 is 1.15 bits per heavy atom. The summed E-state index contributed by atoms with van der Waals surface area (Å²) in [4.78, 5) is 8.19. The van der Waals surface area contributed by atoms with Gasteiger partial charge in [-0.1, -0.05) is 66.7 Å². The average Bonchev–Trinajstić information content (AvgIpc) is 2.75. The number of pyridine rings is 2. The Kier molecular flexibility index (Phi) is 6.48. The molecular formula is C24H21N3. The minimum atomic E-state index is 0.822. The number of nitrogen functional groups attached to an aromatic ring is 1. The minimum absolute atomic E-state index is 0.822. The molecule has 0 spiro atoms. The molecule has 0 aliphatic carbocycles. The van der Waals surface area contributed by atoms with Gasteiger partial charge in [-0.05, 0) is 41.1 Å². The summed E-state index contributed by atoms with van der Waals surface area (Å²) in [5.41, 5.74) is 7.24. The van der Waals surface area contributed by atoms with Crippen LogP contribution in [-0.2, 0) is 0 Å². The zero-order valence-electron chi connectivity index (χ0n) is 14.9. The standard InChI is InChI=1S/2C9H7N.C6H7N/c1-2-6-9-8(4-1)5-3-7-10-9;1-2-4-9-7-10-6-5-8(9)3-1;7-6-4-2-1-3-5-6/h2*1-7H;1-5H,7H2. The summed E-state index contributed by atoms with van der Waals surface area (Å²) in [5.74, 6) is 0. The van der Waals surface area contributed by atoms with Crippen LogP contribution in [0.3, 0.4) is 0 Å². The molecule has 2 N–H and O–H groups in total.